The van der Waals surface area contributed by atoms with E-state index in [9.17, 15) is 4.79 Å². The highest BCUT2D eigenvalue weighted by Gasteiger charge is 2.21. The highest BCUT2D eigenvalue weighted by molar-refractivity contribution is 5.95. The molecule has 2 heterocycles. The summed E-state index contributed by atoms with van der Waals surface area (Å²) >= 11 is 0. The van der Waals surface area contributed by atoms with Crippen molar-refractivity contribution in [1.29, 1.82) is 0 Å². The molecular formula is C14H18Cl2N4O. The average Bonchev–Trinajstić information content (AvgIpc) is 3.13. The molecule has 3 rings (SSSR count). The fourth-order valence-electron chi connectivity index (χ4n) is 2.31. The van der Waals surface area contributed by atoms with Gasteiger partial charge in [0.05, 0.1) is 6.04 Å². The van der Waals surface area contributed by atoms with E-state index in [1.807, 2.05) is 24.3 Å². The van der Waals surface area contributed by atoms with Crippen molar-refractivity contribution >= 4 is 36.4 Å². The van der Waals surface area contributed by atoms with Gasteiger partial charge in [0, 0.05) is 23.6 Å². The van der Waals surface area contributed by atoms with Crippen molar-refractivity contribution in [3.8, 4) is 11.4 Å². The predicted octanol–water partition coefficient (Wildman–Crippen LogP) is 2.61. The summed E-state index contributed by atoms with van der Waals surface area (Å²) in [5, 5.41) is 6.13. The SMILES string of the molecule is Cl.Cl.O=C(Nc1cccc(-c2ncc[nH]2)c1)C1CCCN1. The number of amides is 1. The van der Waals surface area contributed by atoms with Gasteiger partial charge in [-0.3, -0.25) is 4.79 Å². The predicted molar refractivity (Wildman–Crippen MR) is 88.2 cm³/mol. The second-order valence-corrected chi connectivity index (χ2v) is 4.66. The highest BCUT2D eigenvalue weighted by atomic mass is 35.5. The normalized spacial score (nSPS) is 16.7. The lowest BCUT2D eigenvalue weighted by Gasteiger charge is -2.11. The van der Waals surface area contributed by atoms with Gasteiger partial charge in [0.15, 0.2) is 0 Å². The average molecular weight is 329 g/mol. The first-order valence-corrected chi connectivity index (χ1v) is 6.47. The number of nitrogens with one attached hydrogen (secondary N) is 3. The summed E-state index contributed by atoms with van der Waals surface area (Å²) in [5.74, 6) is 0.837. The summed E-state index contributed by atoms with van der Waals surface area (Å²) in [7, 11) is 0. The molecule has 1 fully saturated rings. The highest BCUT2D eigenvalue weighted by Crippen LogP contribution is 2.19. The zero-order valence-corrected chi connectivity index (χ0v) is 13.0. The fourth-order valence-corrected chi connectivity index (χ4v) is 2.31. The van der Waals surface area contributed by atoms with E-state index in [1.54, 1.807) is 12.4 Å². The Kier molecular flexibility index (Phi) is 6.68. The summed E-state index contributed by atoms with van der Waals surface area (Å²) in [6.07, 6.45) is 5.46. The maximum Gasteiger partial charge on any atom is 0.241 e. The van der Waals surface area contributed by atoms with Crippen LogP contribution in [0.5, 0.6) is 0 Å². The van der Waals surface area contributed by atoms with E-state index in [-0.39, 0.29) is 36.8 Å². The van der Waals surface area contributed by atoms with Gasteiger partial charge < -0.3 is 15.6 Å². The molecule has 0 spiro atoms. The second-order valence-electron chi connectivity index (χ2n) is 4.66. The van der Waals surface area contributed by atoms with Crippen LogP contribution < -0.4 is 10.6 Å². The van der Waals surface area contributed by atoms with Gasteiger partial charge in [-0.15, -0.1) is 24.8 Å². The van der Waals surface area contributed by atoms with Crippen LogP contribution in [0.3, 0.4) is 0 Å². The summed E-state index contributed by atoms with van der Waals surface area (Å²) in [4.78, 5) is 19.3. The number of nitrogens with zero attached hydrogens (tertiary/aromatic N) is 1. The molecule has 0 radical (unpaired) electrons. The number of halogens is 2. The number of rotatable bonds is 3. The lowest BCUT2D eigenvalue weighted by molar-refractivity contribution is -0.117. The Morgan fingerprint density at radius 1 is 1.33 bits per heavy atom. The molecule has 21 heavy (non-hydrogen) atoms. The van der Waals surface area contributed by atoms with E-state index in [2.05, 4.69) is 20.6 Å². The van der Waals surface area contributed by atoms with Crippen LogP contribution in [0.15, 0.2) is 36.7 Å². The standard InChI is InChI=1S/C14H16N4O.2ClH/c19-14(12-5-2-6-15-12)18-11-4-1-3-10(9-11)13-16-7-8-17-13;;/h1,3-4,7-9,12,15H,2,5-6H2,(H,16,17)(H,18,19);2*1H. The van der Waals surface area contributed by atoms with Crippen molar-refractivity contribution in [1.82, 2.24) is 15.3 Å². The van der Waals surface area contributed by atoms with Crippen LogP contribution in [0.25, 0.3) is 11.4 Å². The van der Waals surface area contributed by atoms with E-state index in [0.717, 1.165) is 36.5 Å². The van der Waals surface area contributed by atoms with Crippen molar-refractivity contribution in [2.45, 2.75) is 18.9 Å². The number of benzene rings is 1. The molecule has 0 saturated carbocycles. The molecule has 1 aromatic carbocycles. The van der Waals surface area contributed by atoms with E-state index in [0.29, 0.717) is 0 Å². The Hall–Kier alpha value is -1.56. The van der Waals surface area contributed by atoms with E-state index >= 15 is 0 Å². The van der Waals surface area contributed by atoms with Gasteiger partial charge in [0.25, 0.3) is 0 Å². The van der Waals surface area contributed by atoms with Crippen molar-refractivity contribution in [3.05, 3.63) is 36.7 Å². The second kappa shape index (κ2) is 8.02. The third kappa shape index (κ3) is 4.20. The van der Waals surface area contributed by atoms with Crippen molar-refractivity contribution in [3.63, 3.8) is 0 Å². The van der Waals surface area contributed by atoms with Crippen molar-refractivity contribution < 1.29 is 4.79 Å². The quantitative estimate of drug-likeness (QED) is 0.811. The lowest BCUT2D eigenvalue weighted by Crippen LogP contribution is -2.35. The van der Waals surface area contributed by atoms with Gasteiger partial charge in [-0.1, -0.05) is 12.1 Å². The molecule has 2 aromatic rings. The minimum absolute atomic E-state index is 0. The molecule has 1 aliphatic rings. The van der Waals surface area contributed by atoms with E-state index < -0.39 is 0 Å². The topological polar surface area (TPSA) is 69.8 Å². The zero-order valence-electron chi connectivity index (χ0n) is 11.3. The first-order valence-electron chi connectivity index (χ1n) is 6.47. The van der Waals surface area contributed by atoms with E-state index in [4.69, 9.17) is 0 Å². The van der Waals surface area contributed by atoms with Crippen LogP contribution in [0.1, 0.15) is 12.8 Å². The van der Waals surface area contributed by atoms with Gasteiger partial charge in [-0.25, -0.2) is 4.98 Å². The van der Waals surface area contributed by atoms with Gasteiger partial charge >= 0.3 is 0 Å². The van der Waals surface area contributed by atoms with Crippen molar-refractivity contribution in [2.75, 3.05) is 11.9 Å². The molecule has 1 aliphatic heterocycles. The minimum atomic E-state index is -0.0627. The molecule has 1 atom stereocenters. The third-order valence-electron chi connectivity index (χ3n) is 3.28. The Morgan fingerprint density at radius 2 is 2.19 bits per heavy atom. The van der Waals surface area contributed by atoms with Gasteiger partial charge in [-0.05, 0) is 31.5 Å². The number of hydrogen-bond donors (Lipinski definition) is 3. The smallest absolute Gasteiger partial charge is 0.241 e. The van der Waals surface area contributed by atoms with Gasteiger partial charge in [0.2, 0.25) is 5.91 Å². The lowest BCUT2D eigenvalue weighted by atomic mass is 10.1. The molecule has 0 aliphatic carbocycles. The molecule has 1 amide bonds. The number of carbonyl (C=O) groups is 1. The molecule has 1 aromatic heterocycles. The summed E-state index contributed by atoms with van der Waals surface area (Å²) in [6.45, 7) is 0.921. The fraction of sp³-hybridized carbons (Fsp3) is 0.286. The number of aromatic nitrogens is 2. The zero-order chi connectivity index (χ0) is 13.1. The van der Waals surface area contributed by atoms with Crippen LogP contribution in [-0.4, -0.2) is 28.5 Å². The first kappa shape index (κ1) is 17.5. The van der Waals surface area contributed by atoms with Crippen LogP contribution in [-0.2, 0) is 4.79 Å². The van der Waals surface area contributed by atoms with Gasteiger partial charge in [0.1, 0.15) is 5.82 Å². The number of anilines is 1. The van der Waals surface area contributed by atoms with Crippen LogP contribution in [0.4, 0.5) is 5.69 Å². The Labute approximate surface area is 135 Å². The molecule has 1 unspecified atom stereocenters. The molecular weight excluding hydrogens is 311 g/mol. The summed E-state index contributed by atoms with van der Waals surface area (Å²) in [5.41, 5.74) is 1.76. The molecule has 3 N–H and O–H groups in total. The molecule has 0 bridgehead atoms. The van der Waals surface area contributed by atoms with E-state index in [1.165, 1.54) is 0 Å². The Balaban J connectivity index is 0.00000110. The maximum absolute atomic E-state index is 12.0. The van der Waals surface area contributed by atoms with Crippen LogP contribution in [0, 0.1) is 0 Å². The summed E-state index contributed by atoms with van der Waals surface area (Å²) in [6, 6.07) is 7.62. The Bertz CT molecular complexity index is 568. The van der Waals surface area contributed by atoms with Gasteiger partial charge in [-0.2, -0.15) is 0 Å². The number of H-pyrrole nitrogens is 1. The molecule has 7 heteroatoms. The third-order valence-corrected chi connectivity index (χ3v) is 3.28. The minimum Gasteiger partial charge on any atom is -0.345 e. The summed E-state index contributed by atoms with van der Waals surface area (Å²) < 4.78 is 0. The molecule has 5 nitrogen and oxygen atoms in total. The number of hydrogen-bond acceptors (Lipinski definition) is 3. The molecule has 114 valence electrons. The monoisotopic (exact) mass is 328 g/mol. The van der Waals surface area contributed by atoms with Crippen LogP contribution >= 0.6 is 24.8 Å². The number of aromatic amines is 1. The number of carbonyl (C=O) groups excluding carboxylic acids is 1. The molecule has 1 saturated heterocycles. The number of imidazole rings is 1. The van der Waals surface area contributed by atoms with Crippen LogP contribution in [0.2, 0.25) is 0 Å². The largest absolute Gasteiger partial charge is 0.345 e. The van der Waals surface area contributed by atoms with Crippen molar-refractivity contribution in [2.24, 2.45) is 0 Å². The first-order chi connectivity index (χ1) is 9.33. The Morgan fingerprint density at radius 3 is 2.86 bits per heavy atom. The maximum atomic E-state index is 12.0.